The van der Waals surface area contributed by atoms with Gasteiger partial charge >= 0.3 is 11.9 Å². The second-order valence-corrected chi connectivity index (χ2v) is 4.82. The number of aliphatic carboxylic acids is 2. The van der Waals surface area contributed by atoms with Gasteiger partial charge in [0.25, 0.3) is 0 Å². The van der Waals surface area contributed by atoms with Crippen molar-refractivity contribution in [3.63, 3.8) is 0 Å². The van der Waals surface area contributed by atoms with Crippen molar-refractivity contribution in [2.24, 2.45) is 17.3 Å². The van der Waals surface area contributed by atoms with Crippen LogP contribution in [0.25, 0.3) is 0 Å². The molecule has 1 unspecified atom stereocenters. The van der Waals surface area contributed by atoms with Crippen molar-refractivity contribution in [2.45, 2.75) is 40.5 Å². The Balaban J connectivity index is 4.79. The van der Waals surface area contributed by atoms with Gasteiger partial charge in [0.2, 0.25) is 0 Å². The fourth-order valence-electron chi connectivity index (χ4n) is 1.93. The highest BCUT2D eigenvalue weighted by molar-refractivity contribution is 5.93. The van der Waals surface area contributed by atoms with E-state index in [2.05, 4.69) is 0 Å². The summed E-state index contributed by atoms with van der Waals surface area (Å²) >= 11 is 0. The summed E-state index contributed by atoms with van der Waals surface area (Å²) in [6.07, 6.45) is 1.53. The molecule has 0 aliphatic carbocycles. The van der Waals surface area contributed by atoms with Gasteiger partial charge in [-0.05, 0) is 17.8 Å². The first-order valence-corrected chi connectivity index (χ1v) is 5.18. The predicted octanol–water partition coefficient (Wildman–Crippen LogP) is 2.23. The van der Waals surface area contributed by atoms with Crippen LogP contribution in [-0.4, -0.2) is 22.2 Å². The lowest BCUT2D eigenvalue weighted by molar-refractivity contribution is -0.160. The Bertz CT molecular complexity index is 231. The van der Waals surface area contributed by atoms with Gasteiger partial charge in [0.05, 0.1) is 0 Å². The Morgan fingerprint density at radius 3 is 1.87 bits per heavy atom. The van der Waals surface area contributed by atoms with E-state index in [-0.39, 0.29) is 0 Å². The number of hydrogen-bond acceptors (Lipinski definition) is 2. The van der Waals surface area contributed by atoms with E-state index in [9.17, 15) is 9.59 Å². The SMILES string of the molecule is CCC(C)CC(C)(C)C(C(=O)O)C(=O)O. The summed E-state index contributed by atoms with van der Waals surface area (Å²) in [6, 6.07) is 0. The molecular formula is C11H20O4. The van der Waals surface area contributed by atoms with E-state index < -0.39 is 23.3 Å². The summed E-state index contributed by atoms with van der Waals surface area (Å²) in [6.45, 7) is 7.41. The molecule has 0 bridgehead atoms. The average Bonchev–Trinajstić information content (AvgIpc) is 2.00. The van der Waals surface area contributed by atoms with Gasteiger partial charge in [-0.25, -0.2) is 0 Å². The van der Waals surface area contributed by atoms with Crippen LogP contribution >= 0.6 is 0 Å². The number of rotatable bonds is 6. The molecule has 0 radical (unpaired) electrons. The predicted molar refractivity (Wildman–Crippen MR) is 56.6 cm³/mol. The molecule has 0 heterocycles. The Hall–Kier alpha value is -1.06. The van der Waals surface area contributed by atoms with Gasteiger partial charge in [-0.15, -0.1) is 0 Å². The summed E-state index contributed by atoms with van der Waals surface area (Å²) in [4.78, 5) is 21.8. The van der Waals surface area contributed by atoms with Gasteiger partial charge in [-0.3, -0.25) is 9.59 Å². The Morgan fingerprint density at radius 1 is 1.20 bits per heavy atom. The molecule has 88 valence electrons. The molecule has 0 aliphatic heterocycles. The zero-order chi connectivity index (χ0) is 12.2. The van der Waals surface area contributed by atoms with Crippen LogP contribution in [0.5, 0.6) is 0 Å². The van der Waals surface area contributed by atoms with Gasteiger partial charge in [-0.1, -0.05) is 34.1 Å². The smallest absolute Gasteiger partial charge is 0.318 e. The number of hydrogen-bond donors (Lipinski definition) is 2. The maximum absolute atomic E-state index is 10.9. The average molecular weight is 216 g/mol. The Labute approximate surface area is 90.3 Å². The number of carbonyl (C=O) groups is 2. The highest BCUT2D eigenvalue weighted by Crippen LogP contribution is 2.35. The van der Waals surface area contributed by atoms with Crippen LogP contribution in [0.15, 0.2) is 0 Å². The first kappa shape index (κ1) is 13.9. The van der Waals surface area contributed by atoms with E-state index in [4.69, 9.17) is 10.2 Å². The minimum atomic E-state index is -1.33. The Kier molecular flexibility index (Phi) is 4.78. The van der Waals surface area contributed by atoms with Gasteiger partial charge in [0.15, 0.2) is 5.92 Å². The van der Waals surface area contributed by atoms with Crippen molar-refractivity contribution in [3.8, 4) is 0 Å². The lowest BCUT2D eigenvalue weighted by Crippen LogP contribution is -2.38. The van der Waals surface area contributed by atoms with Gasteiger partial charge in [-0.2, -0.15) is 0 Å². The topological polar surface area (TPSA) is 74.6 Å². The third-order valence-corrected chi connectivity index (χ3v) is 2.85. The molecule has 0 aromatic heterocycles. The lowest BCUT2D eigenvalue weighted by Gasteiger charge is -2.31. The number of carboxylic acid groups (broad SMARTS) is 2. The van der Waals surface area contributed by atoms with E-state index >= 15 is 0 Å². The summed E-state index contributed by atoms with van der Waals surface area (Å²) in [7, 11) is 0. The molecule has 0 amide bonds. The summed E-state index contributed by atoms with van der Waals surface area (Å²) in [5.41, 5.74) is -0.715. The van der Waals surface area contributed by atoms with Gasteiger partial charge in [0, 0.05) is 0 Å². The second kappa shape index (κ2) is 5.14. The molecule has 0 saturated carbocycles. The van der Waals surface area contributed by atoms with Crippen LogP contribution in [0, 0.1) is 17.3 Å². The van der Waals surface area contributed by atoms with Crippen molar-refractivity contribution in [1.82, 2.24) is 0 Å². The summed E-state index contributed by atoms with van der Waals surface area (Å²) in [5.74, 6) is -3.50. The summed E-state index contributed by atoms with van der Waals surface area (Å²) in [5, 5.41) is 17.8. The molecule has 1 atom stereocenters. The van der Waals surface area contributed by atoms with Crippen molar-refractivity contribution >= 4 is 11.9 Å². The van der Waals surface area contributed by atoms with Gasteiger partial charge in [0.1, 0.15) is 0 Å². The highest BCUT2D eigenvalue weighted by atomic mass is 16.4. The first-order chi connectivity index (χ1) is 6.72. The van der Waals surface area contributed by atoms with E-state index in [0.29, 0.717) is 12.3 Å². The molecule has 0 fully saturated rings. The van der Waals surface area contributed by atoms with Crippen molar-refractivity contribution in [2.75, 3.05) is 0 Å². The maximum atomic E-state index is 10.9. The molecule has 2 N–H and O–H groups in total. The van der Waals surface area contributed by atoms with E-state index in [1.165, 1.54) is 0 Å². The fraction of sp³-hybridized carbons (Fsp3) is 0.818. The molecule has 4 heteroatoms. The van der Waals surface area contributed by atoms with Crippen LogP contribution in [0.4, 0.5) is 0 Å². The quantitative estimate of drug-likeness (QED) is 0.668. The van der Waals surface area contributed by atoms with Crippen molar-refractivity contribution in [1.29, 1.82) is 0 Å². The van der Waals surface area contributed by atoms with E-state index in [1.54, 1.807) is 13.8 Å². The molecule has 0 aromatic carbocycles. The third-order valence-electron chi connectivity index (χ3n) is 2.85. The summed E-state index contributed by atoms with van der Waals surface area (Å²) < 4.78 is 0. The zero-order valence-corrected chi connectivity index (χ0v) is 9.78. The Morgan fingerprint density at radius 2 is 1.60 bits per heavy atom. The molecule has 0 aromatic rings. The minimum absolute atomic E-state index is 0.334. The van der Waals surface area contributed by atoms with Crippen molar-refractivity contribution < 1.29 is 19.8 Å². The normalized spacial score (nSPS) is 13.9. The molecule has 0 spiro atoms. The molecule has 15 heavy (non-hydrogen) atoms. The zero-order valence-electron chi connectivity index (χ0n) is 9.78. The fourth-order valence-corrected chi connectivity index (χ4v) is 1.93. The van der Waals surface area contributed by atoms with Gasteiger partial charge < -0.3 is 10.2 Å². The van der Waals surface area contributed by atoms with Crippen LogP contribution in [0.1, 0.15) is 40.5 Å². The molecule has 0 aliphatic rings. The standard InChI is InChI=1S/C11H20O4/c1-5-7(2)6-11(3,4)8(9(12)13)10(14)15/h7-8H,5-6H2,1-4H3,(H,12,13)(H,14,15). The second-order valence-electron chi connectivity index (χ2n) is 4.82. The van der Waals surface area contributed by atoms with Crippen LogP contribution in [0.3, 0.4) is 0 Å². The van der Waals surface area contributed by atoms with Crippen LogP contribution in [0.2, 0.25) is 0 Å². The third kappa shape index (κ3) is 3.90. The highest BCUT2D eigenvalue weighted by Gasteiger charge is 2.41. The monoisotopic (exact) mass is 216 g/mol. The molecular weight excluding hydrogens is 196 g/mol. The lowest BCUT2D eigenvalue weighted by atomic mass is 9.72. The van der Waals surface area contributed by atoms with E-state index in [0.717, 1.165) is 6.42 Å². The largest absolute Gasteiger partial charge is 0.481 e. The van der Waals surface area contributed by atoms with Crippen LogP contribution in [-0.2, 0) is 9.59 Å². The van der Waals surface area contributed by atoms with Crippen LogP contribution < -0.4 is 0 Å². The molecule has 0 rings (SSSR count). The van der Waals surface area contributed by atoms with E-state index in [1.807, 2.05) is 13.8 Å². The van der Waals surface area contributed by atoms with Crippen molar-refractivity contribution in [3.05, 3.63) is 0 Å². The first-order valence-electron chi connectivity index (χ1n) is 5.18. The molecule has 0 saturated heterocycles. The maximum Gasteiger partial charge on any atom is 0.318 e. The molecule has 4 nitrogen and oxygen atoms in total. The minimum Gasteiger partial charge on any atom is -0.481 e. The number of carboxylic acids is 2.